The number of halogens is 1. The number of hydrogen-bond donors (Lipinski definition) is 0. The van der Waals surface area contributed by atoms with Crippen molar-refractivity contribution in [2.45, 2.75) is 45.4 Å². The molecular formula is C16H22ClNO. The van der Waals surface area contributed by atoms with E-state index in [2.05, 4.69) is 12.1 Å². The Bertz CT molecular complexity index is 425. The SMILES string of the molecule is CC/C(=N\OCC1CCCCC1)c1cccc(Cl)c1. The second-order valence-electron chi connectivity index (χ2n) is 5.20. The first-order valence-corrected chi connectivity index (χ1v) is 7.62. The molecule has 3 heteroatoms. The van der Waals surface area contributed by atoms with E-state index < -0.39 is 0 Å². The minimum atomic E-state index is 0.690. The third-order valence-corrected chi connectivity index (χ3v) is 3.94. The molecule has 19 heavy (non-hydrogen) atoms. The van der Waals surface area contributed by atoms with E-state index in [1.165, 1.54) is 32.1 Å². The van der Waals surface area contributed by atoms with E-state index in [1.807, 2.05) is 24.3 Å². The van der Waals surface area contributed by atoms with Gasteiger partial charge in [-0.1, -0.05) is 55.1 Å². The molecule has 0 radical (unpaired) electrons. The van der Waals surface area contributed by atoms with E-state index in [-0.39, 0.29) is 0 Å². The quantitative estimate of drug-likeness (QED) is 0.546. The van der Waals surface area contributed by atoms with E-state index in [0.717, 1.165) is 29.3 Å². The molecule has 0 spiro atoms. The van der Waals surface area contributed by atoms with Crippen molar-refractivity contribution in [3.8, 4) is 0 Å². The Morgan fingerprint density at radius 3 is 2.79 bits per heavy atom. The van der Waals surface area contributed by atoms with E-state index in [0.29, 0.717) is 5.92 Å². The molecule has 1 saturated carbocycles. The zero-order chi connectivity index (χ0) is 13.5. The molecule has 0 aliphatic heterocycles. The summed E-state index contributed by atoms with van der Waals surface area (Å²) in [5.41, 5.74) is 2.02. The molecule has 2 rings (SSSR count). The van der Waals surface area contributed by atoms with Crippen molar-refractivity contribution in [2.24, 2.45) is 11.1 Å². The van der Waals surface area contributed by atoms with Crippen LogP contribution in [0.1, 0.15) is 51.0 Å². The first kappa shape index (κ1) is 14.4. The average molecular weight is 280 g/mol. The summed E-state index contributed by atoms with van der Waals surface area (Å²) < 4.78 is 0. The van der Waals surface area contributed by atoms with Crippen LogP contribution in [0, 0.1) is 5.92 Å². The summed E-state index contributed by atoms with van der Waals surface area (Å²) in [7, 11) is 0. The van der Waals surface area contributed by atoms with Gasteiger partial charge in [-0.25, -0.2) is 0 Å². The van der Waals surface area contributed by atoms with Crippen molar-refractivity contribution in [3.05, 3.63) is 34.9 Å². The van der Waals surface area contributed by atoms with Gasteiger partial charge in [0.15, 0.2) is 0 Å². The van der Waals surface area contributed by atoms with Crippen LogP contribution >= 0.6 is 11.6 Å². The van der Waals surface area contributed by atoms with Gasteiger partial charge in [0.2, 0.25) is 0 Å². The summed E-state index contributed by atoms with van der Waals surface area (Å²) in [4.78, 5) is 5.57. The van der Waals surface area contributed by atoms with E-state index >= 15 is 0 Å². The molecule has 1 aliphatic rings. The fourth-order valence-corrected chi connectivity index (χ4v) is 2.75. The van der Waals surface area contributed by atoms with Gasteiger partial charge >= 0.3 is 0 Å². The zero-order valence-electron chi connectivity index (χ0n) is 11.6. The maximum Gasteiger partial charge on any atom is 0.120 e. The van der Waals surface area contributed by atoms with Crippen LogP contribution in [-0.2, 0) is 4.84 Å². The largest absolute Gasteiger partial charge is 0.395 e. The van der Waals surface area contributed by atoms with Crippen LogP contribution in [0.2, 0.25) is 5.02 Å². The lowest BCUT2D eigenvalue weighted by Gasteiger charge is -2.20. The predicted octanol–water partition coefficient (Wildman–Crippen LogP) is 5.05. The van der Waals surface area contributed by atoms with Gasteiger partial charge in [-0.05, 0) is 37.3 Å². The second-order valence-corrected chi connectivity index (χ2v) is 5.64. The molecule has 0 aromatic heterocycles. The average Bonchev–Trinajstić information content (AvgIpc) is 2.45. The smallest absolute Gasteiger partial charge is 0.120 e. The van der Waals surface area contributed by atoms with Crippen molar-refractivity contribution in [1.82, 2.24) is 0 Å². The van der Waals surface area contributed by atoms with Crippen molar-refractivity contribution < 1.29 is 4.84 Å². The first-order chi connectivity index (χ1) is 9.29. The lowest BCUT2D eigenvalue weighted by molar-refractivity contribution is 0.0914. The minimum Gasteiger partial charge on any atom is -0.395 e. The molecule has 0 unspecified atom stereocenters. The molecule has 0 heterocycles. The van der Waals surface area contributed by atoms with Gasteiger partial charge in [-0.2, -0.15) is 0 Å². The van der Waals surface area contributed by atoms with E-state index in [4.69, 9.17) is 16.4 Å². The Balaban J connectivity index is 1.91. The number of nitrogens with zero attached hydrogens (tertiary/aromatic N) is 1. The van der Waals surface area contributed by atoms with Crippen LogP contribution in [0.15, 0.2) is 29.4 Å². The van der Waals surface area contributed by atoms with Crippen molar-refractivity contribution in [2.75, 3.05) is 6.61 Å². The Labute approximate surface area is 120 Å². The highest BCUT2D eigenvalue weighted by molar-refractivity contribution is 6.31. The molecule has 1 aromatic carbocycles. The van der Waals surface area contributed by atoms with Crippen molar-refractivity contribution in [1.29, 1.82) is 0 Å². The van der Waals surface area contributed by atoms with Crippen LogP contribution < -0.4 is 0 Å². The number of oxime groups is 1. The van der Waals surface area contributed by atoms with Gasteiger partial charge in [0.25, 0.3) is 0 Å². The van der Waals surface area contributed by atoms with Gasteiger partial charge < -0.3 is 4.84 Å². The summed E-state index contributed by atoms with van der Waals surface area (Å²) in [6.45, 7) is 2.84. The van der Waals surface area contributed by atoms with Crippen LogP contribution in [0.5, 0.6) is 0 Å². The maximum absolute atomic E-state index is 6.01. The van der Waals surface area contributed by atoms with Crippen LogP contribution in [-0.4, -0.2) is 12.3 Å². The Morgan fingerprint density at radius 2 is 2.11 bits per heavy atom. The second kappa shape index (κ2) is 7.54. The standard InChI is InChI=1S/C16H22ClNO/c1-2-16(14-9-6-10-15(17)11-14)18-19-12-13-7-4-3-5-8-13/h6,9-11,13H,2-5,7-8,12H2,1H3/b18-16+. The Kier molecular flexibility index (Phi) is 5.71. The Morgan fingerprint density at radius 1 is 1.32 bits per heavy atom. The molecule has 104 valence electrons. The molecule has 0 amide bonds. The summed E-state index contributed by atoms with van der Waals surface area (Å²) in [6.07, 6.45) is 7.48. The molecular weight excluding hydrogens is 258 g/mol. The fraction of sp³-hybridized carbons (Fsp3) is 0.562. The van der Waals surface area contributed by atoms with Crippen LogP contribution in [0.4, 0.5) is 0 Å². The van der Waals surface area contributed by atoms with Crippen molar-refractivity contribution in [3.63, 3.8) is 0 Å². The molecule has 0 atom stereocenters. The summed E-state index contributed by atoms with van der Waals surface area (Å²) in [6, 6.07) is 7.79. The number of benzene rings is 1. The Hall–Kier alpha value is -1.02. The first-order valence-electron chi connectivity index (χ1n) is 7.24. The van der Waals surface area contributed by atoms with Gasteiger partial charge in [-0.15, -0.1) is 0 Å². The van der Waals surface area contributed by atoms with E-state index in [9.17, 15) is 0 Å². The molecule has 0 bridgehead atoms. The van der Waals surface area contributed by atoms with Gasteiger partial charge in [0, 0.05) is 10.6 Å². The molecule has 1 aromatic rings. The molecule has 1 aliphatic carbocycles. The highest BCUT2D eigenvalue weighted by Gasteiger charge is 2.13. The fourth-order valence-electron chi connectivity index (χ4n) is 2.56. The van der Waals surface area contributed by atoms with E-state index in [1.54, 1.807) is 0 Å². The van der Waals surface area contributed by atoms with Gasteiger partial charge in [0.05, 0.1) is 5.71 Å². The third kappa shape index (κ3) is 4.54. The minimum absolute atomic E-state index is 0.690. The van der Waals surface area contributed by atoms with Crippen LogP contribution in [0.3, 0.4) is 0 Å². The summed E-state index contributed by atoms with van der Waals surface area (Å²) in [5.74, 6) is 0.690. The highest BCUT2D eigenvalue weighted by Crippen LogP contribution is 2.23. The maximum atomic E-state index is 6.01. The topological polar surface area (TPSA) is 21.6 Å². The number of rotatable bonds is 5. The van der Waals surface area contributed by atoms with Crippen LogP contribution in [0.25, 0.3) is 0 Å². The predicted molar refractivity (Wildman–Crippen MR) is 80.8 cm³/mol. The van der Waals surface area contributed by atoms with Gasteiger partial charge in [-0.3, -0.25) is 0 Å². The van der Waals surface area contributed by atoms with Crippen molar-refractivity contribution >= 4 is 17.3 Å². The molecule has 0 N–H and O–H groups in total. The number of hydrogen-bond acceptors (Lipinski definition) is 2. The normalized spacial score (nSPS) is 17.5. The monoisotopic (exact) mass is 279 g/mol. The third-order valence-electron chi connectivity index (χ3n) is 3.70. The summed E-state index contributed by atoms with van der Waals surface area (Å²) in [5, 5.41) is 5.05. The molecule has 0 saturated heterocycles. The highest BCUT2D eigenvalue weighted by atomic mass is 35.5. The lowest BCUT2D eigenvalue weighted by Crippen LogP contribution is -2.12. The molecule has 2 nitrogen and oxygen atoms in total. The lowest BCUT2D eigenvalue weighted by atomic mass is 9.90. The molecule has 1 fully saturated rings. The van der Waals surface area contributed by atoms with Gasteiger partial charge in [0.1, 0.15) is 6.61 Å². The summed E-state index contributed by atoms with van der Waals surface area (Å²) >= 11 is 6.01. The zero-order valence-corrected chi connectivity index (χ0v) is 12.3.